The van der Waals surface area contributed by atoms with Gasteiger partial charge in [0.1, 0.15) is 11.7 Å². The highest BCUT2D eigenvalue weighted by Crippen LogP contribution is 2.33. The first-order valence-corrected chi connectivity index (χ1v) is 14.8. The molecule has 1 aromatic heterocycles. The molecule has 5 rings (SSSR count). The van der Waals surface area contributed by atoms with Gasteiger partial charge in [-0.3, -0.25) is 20.0 Å². The van der Waals surface area contributed by atoms with Crippen LogP contribution in [-0.4, -0.2) is 33.6 Å². The number of carbonyl (C=O) groups excluding carboxylic acids is 2. The summed E-state index contributed by atoms with van der Waals surface area (Å²) in [5.74, 6) is -1.92. The van der Waals surface area contributed by atoms with Crippen molar-refractivity contribution in [2.45, 2.75) is 44.8 Å². The number of anilines is 1. The molecule has 4 aromatic rings. The Bertz CT molecular complexity index is 1840. The molecule has 1 aliphatic rings. The molecule has 0 saturated heterocycles. The molecular weight excluding hydrogens is 597 g/mol. The van der Waals surface area contributed by atoms with E-state index >= 15 is 0 Å². The van der Waals surface area contributed by atoms with Crippen molar-refractivity contribution in [3.8, 4) is 11.1 Å². The summed E-state index contributed by atoms with van der Waals surface area (Å²) in [7, 11) is 0. The highest BCUT2D eigenvalue weighted by atomic mass is 35.5. The van der Waals surface area contributed by atoms with Gasteiger partial charge in [-0.1, -0.05) is 48.0 Å². The van der Waals surface area contributed by atoms with Crippen molar-refractivity contribution in [1.29, 1.82) is 5.41 Å². The summed E-state index contributed by atoms with van der Waals surface area (Å²) < 4.78 is 15.2. The second-order valence-corrected chi connectivity index (χ2v) is 11.3. The number of aromatic nitrogens is 1. The van der Waals surface area contributed by atoms with E-state index in [4.69, 9.17) is 28.5 Å². The van der Waals surface area contributed by atoms with Crippen LogP contribution < -0.4 is 27.6 Å². The van der Waals surface area contributed by atoms with E-state index in [9.17, 15) is 19.2 Å². The number of rotatable bonds is 10. The van der Waals surface area contributed by atoms with E-state index in [0.29, 0.717) is 23.2 Å². The fourth-order valence-electron chi connectivity index (χ4n) is 5.00. The maximum absolute atomic E-state index is 14.3. The van der Waals surface area contributed by atoms with E-state index in [1.54, 1.807) is 18.2 Å². The number of amides is 2. The summed E-state index contributed by atoms with van der Waals surface area (Å²) in [6.07, 6.45) is 2.47. The van der Waals surface area contributed by atoms with E-state index in [2.05, 4.69) is 15.6 Å². The monoisotopic (exact) mass is 629 g/mol. The Kier molecular flexibility index (Phi) is 9.48. The molecule has 1 saturated carbocycles. The van der Waals surface area contributed by atoms with E-state index in [-0.39, 0.29) is 57.9 Å². The molecule has 0 atom stereocenters. The Morgan fingerprint density at radius 3 is 2.42 bits per heavy atom. The van der Waals surface area contributed by atoms with Crippen molar-refractivity contribution >= 4 is 34.9 Å². The third-order valence-electron chi connectivity index (χ3n) is 7.59. The van der Waals surface area contributed by atoms with Gasteiger partial charge in [-0.05, 0) is 66.3 Å². The zero-order chi connectivity index (χ0) is 32.1. The van der Waals surface area contributed by atoms with Crippen LogP contribution in [0, 0.1) is 11.2 Å². The van der Waals surface area contributed by atoms with Crippen LogP contribution in [-0.2, 0) is 24.3 Å². The van der Waals surface area contributed by atoms with Crippen LogP contribution in [0.25, 0.3) is 11.1 Å². The third kappa shape index (κ3) is 7.50. The molecule has 1 aliphatic carbocycles. The second kappa shape index (κ2) is 13.6. The highest BCUT2D eigenvalue weighted by molar-refractivity contribution is 6.33. The molecule has 45 heavy (non-hydrogen) atoms. The molecule has 10 nitrogen and oxygen atoms in total. The maximum atomic E-state index is 14.3. The molecule has 0 radical (unpaired) electrons. The van der Waals surface area contributed by atoms with Crippen molar-refractivity contribution < 1.29 is 19.2 Å². The Morgan fingerprint density at radius 1 is 1.02 bits per heavy atom. The van der Waals surface area contributed by atoms with Crippen LogP contribution in [0.2, 0.25) is 5.02 Å². The Hall–Kier alpha value is -5.16. The lowest BCUT2D eigenvalue weighted by molar-refractivity contribution is -0.120. The average molecular weight is 630 g/mol. The van der Waals surface area contributed by atoms with Crippen molar-refractivity contribution in [3.05, 3.63) is 117 Å². The summed E-state index contributed by atoms with van der Waals surface area (Å²) in [5, 5.41) is 24.6. The lowest BCUT2D eigenvalue weighted by atomic mass is 9.94. The van der Waals surface area contributed by atoms with Crippen LogP contribution >= 0.6 is 11.6 Å². The lowest BCUT2D eigenvalue weighted by Crippen LogP contribution is -2.31. The van der Waals surface area contributed by atoms with Crippen LogP contribution in [0.15, 0.2) is 77.8 Å². The zero-order valence-electron chi connectivity index (χ0n) is 24.3. The summed E-state index contributed by atoms with van der Waals surface area (Å²) in [4.78, 5) is 30.9. The zero-order valence-corrected chi connectivity index (χ0v) is 25.1. The van der Waals surface area contributed by atoms with Crippen molar-refractivity contribution in [2.24, 2.45) is 10.7 Å². The third-order valence-corrected chi connectivity index (χ3v) is 7.89. The molecule has 0 spiro atoms. The van der Waals surface area contributed by atoms with E-state index in [1.807, 2.05) is 30.3 Å². The first kappa shape index (κ1) is 31.3. The fourth-order valence-corrected chi connectivity index (χ4v) is 5.32. The molecule has 0 unspecified atom stereocenters. The lowest BCUT2D eigenvalue weighted by Gasteiger charge is -2.22. The number of hydrogen-bond donors (Lipinski definition) is 6. The molecule has 3 aromatic carbocycles. The summed E-state index contributed by atoms with van der Waals surface area (Å²) in [6.45, 7) is 0.296. The average Bonchev–Trinajstić information content (AvgIpc) is 2.99. The number of amidine groups is 1. The van der Waals surface area contributed by atoms with Gasteiger partial charge in [0.25, 0.3) is 5.91 Å². The van der Waals surface area contributed by atoms with Gasteiger partial charge in [0.05, 0.1) is 28.7 Å². The SMILES string of the molecule is N=C(N)c1ccc(CNC(=O)Cc2c(-c3cc(N)cc(C(=O)NCc4ccccc4)c3)c(Cl)cc(=NC3CCC3)n2O)cc1F. The van der Waals surface area contributed by atoms with Crippen LogP contribution in [0.3, 0.4) is 0 Å². The van der Waals surface area contributed by atoms with Gasteiger partial charge in [-0.15, -0.1) is 0 Å². The molecule has 232 valence electrons. The van der Waals surface area contributed by atoms with Crippen molar-refractivity contribution in [1.82, 2.24) is 15.4 Å². The molecule has 1 heterocycles. The van der Waals surface area contributed by atoms with Gasteiger partial charge in [0.15, 0.2) is 5.49 Å². The predicted molar refractivity (Wildman–Crippen MR) is 170 cm³/mol. The Balaban J connectivity index is 1.46. The quantitative estimate of drug-likeness (QED) is 0.0664. The maximum Gasteiger partial charge on any atom is 0.251 e. The number of nitrogen functional groups attached to an aromatic ring is 2. The topological polar surface area (TPSA) is 172 Å². The van der Waals surface area contributed by atoms with Crippen molar-refractivity contribution in [2.75, 3.05) is 5.73 Å². The largest absolute Gasteiger partial charge is 0.427 e. The number of nitrogens with one attached hydrogen (secondary N) is 3. The van der Waals surface area contributed by atoms with Crippen LogP contribution in [0.5, 0.6) is 0 Å². The normalized spacial score (nSPS) is 13.2. The Morgan fingerprint density at radius 2 is 1.76 bits per heavy atom. The van der Waals surface area contributed by atoms with Gasteiger partial charge in [-0.25, -0.2) is 4.39 Å². The number of halogens is 2. The standard InChI is InChI=1S/C33H33ClFN7O3/c34-26-15-29(41-24-7-4-8-24)42(45)28(16-30(43)39-18-20-9-10-25(32(37)38)27(35)11-20)31(26)21-12-22(14-23(36)13-21)33(44)40-17-19-5-2-1-3-6-19/h1-3,5-6,9-15,24,45H,4,7-8,16-18,36H2,(H3,37,38)(H,39,43)(H,40,44). The summed E-state index contributed by atoms with van der Waals surface area (Å²) in [5.41, 5.74) is 14.6. The number of hydrogen-bond acceptors (Lipinski definition) is 6. The first-order chi connectivity index (χ1) is 21.6. The predicted octanol–water partition coefficient (Wildman–Crippen LogP) is 4.29. The highest BCUT2D eigenvalue weighted by Gasteiger charge is 2.22. The molecule has 0 bridgehead atoms. The number of carbonyl (C=O) groups is 2. The van der Waals surface area contributed by atoms with Gasteiger partial charge >= 0.3 is 0 Å². The van der Waals surface area contributed by atoms with E-state index in [0.717, 1.165) is 29.6 Å². The number of benzene rings is 3. The smallest absolute Gasteiger partial charge is 0.251 e. The molecule has 2 amide bonds. The fraction of sp³-hybridized carbons (Fsp3) is 0.212. The van der Waals surface area contributed by atoms with Gasteiger partial charge in [0, 0.05) is 36.0 Å². The van der Waals surface area contributed by atoms with Crippen molar-refractivity contribution in [3.63, 3.8) is 0 Å². The Labute approximate surface area is 264 Å². The van der Waals surface area contributed by atoms with Crippen LogP contribution in [0.4, 0.5) is 10.1 Å². The molecule has 8 N–H and O–H groups in total. The number of nitrogens with zero attached hydrogens (tertiary/aromatic N) is 2. The number of nitrogens with two attached hydrogens (primary N) is 2. The van der Waals surface area contributed by atoms with E-state index in [1.165, 1.54) is 24.3 Å². The van der Waals surface area contributed by atoms with Gasteiger partial charge in [0.2, 0.25) is 5.91 Å². The van der Waals surface area contributed by atoms with Gasteiger partial charge in [-0.2, -0.15) is 4.73 Å². The summed E-state index contributed by atoms with van der Waals surface area (Å²) in [6, 6.07) is 19.9. The molecule has 12 heteroatoms. The minimum Gasteiger partial charge on any atom is -0.427 e. The molecule has 0 aliphatic heterocycles. The minimum absolute atomic E-state index is 0.0153. The molecular formula is C33H33ClFN7O3. The van der Waals surface area contributed by atoms with Crippen LogP contribution in [0.1, 0.15) is 52.0 Å². The van der Waals surface area contributed by atoms with Gasteiger partial charge < -0.3 is 27.3 Å². The van der Waals surface area contributed by atoms with E-state index < -0.39 is 17.6 Å². The number of pyridine rings is 1. The molecule has 1 fully saturated rings. The minimum atomic E-state index is -0.674. The second-order valence-electron chi connectivity index (χ2n) is 10.9. The first-order valence-electron chi connectivity index (χ1n) is 14.4. The summed E-state index contributed by atoms with van der Waals surface area (Å²) >= 11 is 6.80.